The van der Waals surface area contributed by atoms with Crippen molar-refractivity contribution in [1.29, 1.82) is 0 Å². The molecule has 5 fully saturated rings. The number of aromatic nitrogens is 3. The topological polar surface area (TPSA) is 38.5 Å². The standard InChI is InChI=1S/C28H41N5OS/c1-3-4-9-32-26(28-17-21-14-22(18-28)16-23(15-21)19-28)29-33(27(32)35)20-30-10-12-31(13-11-30)24-7-5-6-8-25(24)34-2/h5-8,21-23H,3-4,9-20H2,1-2H3. The molecule has 6 nitrogen and oxygen atoms in total. The zero-order valence-electron chi connectivity index (χ0n) is 21.5. The van der Waals surface area contributed by atoms with Gasteiger partial charge in [-0.25, -0.2) is 4.68 Å². The molecule has 190 valence electrons. The number of ether oxygens (including phenoxy) is 1. The second kappa shape index (κ2) is 9.55. The minimum Gasteiger partial charge on any atom is -0.495 e. The van der Waals surface area contributed by atoms with Crippen molar-refractivity contribution in [3.05, 3.63) is 34.9 Å². The van der Waals surface area contributed by atoms with E-state index in [0.29, 0.717) is 0 Å². The molecule has 35 heavy (non-hydrogen) atoms. The highest BCUT2D eigenvalue weighted by Crippen LogP contribution is 2.60. The Labute approximate surface area is 215 Å². The maximum Gasteiger partial charge on any atom is 0.199 e. The molecule has 0 N–H and O–H groups in total. The molecule has 7 rings (SSSR count). The lowest BCUT2D eigenvalue weighted by Gasteiger charge is -2.56. The number of benzene rings is 1. The van der Waals surface area contributed by atoms with Crippen LogP contribution in [0.15, 0.2) is 24.3 Å². The third kappa shape index (κ3) is 4.33. The summed E-state index contributed by atoms with van der Waals surface area (Å²) in [5.74, 6) is 5.05. The van der Waals surface area contributed by atoms with Crippen LogP contribution in [0.2, 0.25) is 0 Å². The van der Waals surface area contributed by atoms with Crippen molar-refractivity contribution in [1.82, 2.24) is 19.2 Å². The molecule has 0 spiro atoms. The van der Waals surface area contributed by atoms with E-state index in [1.165, 1.54) is 62.9 Å². The van der Waals surface area contributed by atoms with Crippen molar-refractivity contribution < 1.29 is 4.74 Å². The summed E-state index contributed by atoms with van der Waals surface area (Å²) < 4.78 is 11.2. The molecule has 5 aliphatic rings. The van der Waals surface area contributed by atoms with Crippen molar-refractivity contribution in [3.63, 3.8) is 0 Å². The van der Waals surface area contributed by atoms with E-state index in [9.17, 15) is 0 Å². The van der Waals surface area contributed by atoms with Crippen LogP contribution < -0.4 is 9.64 Å². The zero-order chi connectivity index (χ0) is 24.0. The Hall–Kier alpha value is -1.86. The zero-order valence-corrected chi connectivity index (χ0v) is 22.3. The van der Waals surface area contributed by atoms with Gasteiger partial charge >= 0.3 is 0 Å². The molecule has 4 saturated carbocycles. The molecule has 2 aromatic rings. The second-order valence-corrected chi connectivity index (χ2v) is 12.1. The summed E-state index contributed by atoms with van der Waals surface area (Å²) in [6.07, 6.45) is 10.8. The number of para-hydroxylation sites is 2. The molecule has 0 amide bonds. The summed E-state index contributed by atoms with van der Waals surface area (Å²) in [5.41, 5.74) is 1.48. The molecule has 1 aromatic carbocycles. The fourth-order valence-electron chi connectivity index (χ4n) is 8.04. The van der Waals surface area contributed by atoms with Gasteiger partial charge in [0.25, 0.3) is 0 Å². The SMILES string of the molecule is CCCCn1c(C23CC4CC(CC(C4)C2)C3)nn(CN2CCN(c3ccccc3OC)CC2)c1=S. The van der Waals surface area contributed by atoms with Gasteiger partial charge in [-0.3, -0.25) is 4.90 Å². The Morgan fingerprint density at radius 3 is 2.29 bits per heavy atom. The first kappa shape index (κ1) is 23.5. The van der Waals surface area contributed by atoms with Crippen LogP contribution in [0.5, 0.6) is 5.75 Å². The predicted octanol–water partition coefficient (Wildman–Crippen LogP) is 5.47. The van der Waals surface area contributed by atoms with Crippen molar-refractivity contribution >= 4 is 17.9 Å². The highest BCUT2D eigenvalue weighted by molar-refractivity contribution is 7.71. The highest BCUT2D eigenvalue weighted by atomic mass is 32.1. The van der Waals surface area contributed by atoms with Crippen LogP contribution in [0, 0.1) is 22.5 Å². The molecular formula is C28H41N5OS. The monoisotopic (exact) mass is 495 g/mol. The van der Waals surface area contributed by atoms with Crippen LogP contribution in [0.4, 0.5) is 5.69 Å². The van der Waals surface area contributed by atoms with Crippen LogP contribution in [-0.2, 0) is 18.6 Å². The van der Waals surface area contributed by atoms with Gasteiger partial charge in [-0.1, -0.05) is 25.5 Å². The van der Waals surface area contributed by atoms with E-state index >= 15 is 0 Å². The fraction of sp³-hybridized carbons (Fsp3) is 0.714. The lowest BCUT2D eigenvalue weighted by molar-refractivity contribution is -0.0115. The molecule has 1 aromatic heterocycles. The lowest BCUT2D eigenvalue weighted by atomic mass is 9.49. The smallest absolute Gasteiger partial charge is 0.199 e. The van der Waals surface area contributed by atoms with Gasteiger partial charge in [-0.15, -0.1) is 0 Å². The average Bonchev–Trinajstić information content (AvgIpc) is 3.18. The Morgan fingerprint density at radius 1 is 1.00 bits per heavy atom. The molecule has 1 saturated heterocycles. The first-order valence-corrected chi connectivity index (χ1v) is 14.3. The fourth-order valence-corrected chi connectivity index (χ4v) is 8.31. The van der Waals surface area contributed by atoms with E-state index in [0.717, 1.165) is 67.7 Å². The van der Waals surface area contributed by atoms with E-state index < -0.39 is 0 Å². The molecular weight excluding hydrogens is 454 g/mol. The first-order valence-electron chi connectivity index (χ1n) is 13.9. The third-order valence-corrected chi connectivity index (χ3v) is 9.73. The summed E-state index contributed by atoms with van der Waals surface area (Å²) in [7, 11) is 1.76. The van der Waals surface area contributed by atoms with Gasteiger partial charge in [0, 0.05) is 38.1 Å². The van der Waals surface area contributed by atoms with Crippen LogP contribution >= 0.6 is 12.2 Å². The number of hydrogen-bond donors (Lipinski definition) is 0. The Balaban J connectivity index is 1.21. The predicted molar refractivity (Wildman–Crippen MR) is 143 cm³/mol. The Bertz CT molecular complexity index is 1060. The second-order valence-electron chi connectivity index (χ2n) is 11.7. The number of hydrogen-bond acceptors (Lipinski definition) is 5. The quantitative estimate of drug-likeness (QED) is 0.454. The molecule has 4 bridgehead atoms. The van der Waals surface area contributed by atoms with E-state index in [2.05, 4.69) is 44.2 Å². The number of rotatable bonds is 8. The number of anilines is 1. The van der Waals surface area contributed by atoms with Crippen molar-refractivity contribution in [3.8, 4) is 5.75 Å². The number of methoxy groups -OCH3 is 1. The van der Waals surface area contributed by atoms with Gasteiger partial charge in [0.05, 0.1) is 19.5 Å². The summed E-state index contributed by atoms with van der Waals surface area (Å²) in [6.45, 7) is 8.10. The molecule has 4 aliphatic carbocycles. The van der Waals surface area contributed by atoms with Crippen LogP contribution in [0.3, 0.4) is 0 Å². The molecule has 0 atom stereocenters. The van der Waals surface area contributed by atoms with Gasteiger partial charge in [-0.2, -0.15) is 5.10 Å². The maximum atomic E-state index is 6.09. The minimum absolute atomic E-state index is 0.282. The van der Waals surface area contributed by atoms with Gasteiger partial charge < -0.3 is 14.2 Å². The lowest BCUT2D eigenvalue weighted by Crippen LogP contribution is -2.50. The van der Waals surface area contributed by atoms with Crippen molar-refractivity contribution in [2.75, 3.05) is 38.2 Å². The summed E-state index contributed by atoms with van der Waals surface area (Å²) >= 11 is 6.09. The molecule has 0 unspecified atom stereocenters. The largest absolute Gasteiger partial charge is 0.495 e. The van der Waals surface area contributed by atoms with Crippen LogP contribution in [0.25, 0.3) is 0 Å². The highest BCUT2D eigenvalue weighted by Gasteiger charge is 2.54. The van der Waals surface area contributed by atoms with Crippen LogP contribution in [-0.4, -0.2) is 52.5 Å². The molecule has 1 aliphatic heterocycles. The van der Waals surface area contributed by atoms with E-state index in [1.54, 1.807) is 7.11 Å². The molecule has 0 radical (unpaired) electrons. The van der Waals surface area contributed by atoms with Crippen LogP contribution in [0.1, 0.15) is 64.1 Å². The normalized spacial score (nSPS) is 30.2. The van der Waals surface area contributed by atoms with E-state index in [-0.39, 0.29) is 5.41 Å². The summed E-state index contributed by atoms with van der Waals surface area (Å²) in [5, 5.41) is 5.35. The Morgan fingerprint density at radius 2 is 1.66 bits per heavy atom. The van der Waals surface area contributed by atoms with Gasteiger partial charge in [0.2, 0.25) is 0 Å². The minimum atomic E-state index is 0.282. The van der Waals surface area contributed by atoms with Gasteiger partial charge in [-0.05, 0) is 87.1 Å². The van der Waals surface area contributed by atoms with E-state index in [4.69, 9.17) is 22.1 Å². The number of piperazine rings is 1. The van der Waals surface area contributed by atoms with Crippen molar-refractivity contribution in [2.24, 2.45) is 17.8 Å². The van der Waals surface area contributed by atoms with Gasteiger partial charge in [0.1, 0.15) is 11.6 Å². The third-order valence-electron chi connectivity index (χ3n) is 9.30. The first-order chi connectivity index (χ1) is 17.1. The number of nitrogens with zero attached hydrogens (tertiary/aromatic N) is 5. The maximum absolute atomic E-state index is 6.09. The van der Waals surface area contributed by atoms with Gasteiger partial charge in [0.15, 0.2) is 4.77 Å². The molecule has 2 heterocycles. The Kier molecular flexibility index (Phi) is 6.42. The summed E-state index contributed by atoms with van der Waals surface area (Å²) in [6, 6.07) is 8.35. The van der Waals surface area contributed by atoms with E-state index in [1.807, 2.05) is 6.07 Å². The number of unbranched alkanes of at least 4 members (excludes halogenated alkanes) is 1. The van der Waals surface area contributed by atoms with Crippen molar-refractivity contribution in [2.45, 2.75) is 76.9 Å². The molecule has 7 heteroatoms. The summed E-state index contributed by atoms with van der Waals surface area (Å²) in [4.78, 5) is 4.96. The average molecular weight is 496 g/mol.